The number of amides is 1. The largest absolute Gasteiger partial charge is 0.355 e. The van der Waals surface area contributed by atoms with Crippen molar-refractivity contribution >= 4 is 35.8 Å². The number of nitrogens with zero attached hydrogens (tertiary/aromatic N) is 1. The van der Waals surface area contributed by atoms with Crippen LogP contribution >= 0.6 is 24.0 Å². The highest BCUT2D eigenvalue weighted by molar-refractivity contribution is 14.0. The number of rotatable bonds is 6. The predicted octanol–water partition coefficient (Wildman–Crippen LogP) is 3.09. The maximum Gasteiger partial charge on any atom is 0.251 e. The number of halogens is 1. The molecule has 3 N–H and O–H groups in total. The molecule has 0 atom stereocenters. The highest BCUT2D eigenvalue weighted by Crippen LogP contribution is 2.09. The predicted molar refractivity (Wildman–Crippen MR) is 118 cm³/mol. The number of carbonyl (C=O) groups is 1. The molecule has 5 nitrogen and oxygen atoms in total. The minimum Gasteiger partial charge on any atom is -0.355 e. The normalized spacial score (nSPS) is 10.7. The molecule has 0 aliphatic heterocycles. The van der Waals surface area contributed by atoms with E-state index < -0.39 is 0 Å². The summed E-state index contributed by atoms with van der Waals surface area (Å²) >= 11 is 0. The maximum atomic E-state index is 11.7. The Bertz CT molecular complexity index is 746. The van der Waals surface area contributed by atoms with E-state index in [0.717, 1.165) is 24.5 Å². The summed E-state index contributed by atoms with van der Waals surface area (Å²) in [5.74, 6) is 0.650. The Kier molecular flexibility index (Phi) is 9.72. The topological polar surface area (TPSA) is 65.5 Å². The fraction of sp³-hybridized carbons (Fsp3) is 0.300. The van der Waals surface area contributed by atoms with Crippen LogP contribution in [-0.4, -0.2) is 26.0 Å². The monoisotopic (exact) mass is 466 g/mol. The van der Waals surface area contributed by atoms with Crippen LogP contribution in [0.25, 0.3) is 0 Å². The smallest absolute Gasteiger partial charge is 0.251 e. The van der Waals surface area contributed by atoms with E-state index in [-0.39, 0.29) is 29.9 Å². The van der Waals surface area contributed by atoms with Gasteiger partial charge in [0.25, 0.3) is 5.91 Å². The molecule has 2 aromatic carbocycles. The average Bonchev–Trinajstić information content (AvgIpc) is 2.68. The van der Waals surface area contributed by atoms with E-state index in [4.69, 9.17) is 0 Å². The second kappa shape index (κ2) is 11.5. The van der Waals surface area contributed by atoms with Gasteiger partial charge in [0.2, 0.25) is 0 Å². The first-order valence-electron chi connectivity index (χ1n) is 8.50. The Balaban J connectivity index is 0.00000338. The Labute approximate surface area is 172 Å². The third kappa shape index (κ3) is 6.33. The molecule has 26 heavy (non-hydrogen) atoms. The highest BCUT2D eigenvalue weighted by Gasteiger charge is 2.05. The maximum absolute atomic E-state index is 11.7. The number of benzene rings is 2. The van der Waals surface area contributed by atoms with Gasteiger partial charge in [0.1, 0.15) is 0 Å². The van der Waals surface area contributed by atoms with E-state index in [1.807, 2.05) is 18.2 Å². The van der Waals surface area contributed by atoms with Crippen molar-refractivity contribution in [1.82, 2.24) is 16.0 Å². The van der Waals surface area contributed by atoms with Crippen LogP contribution in [0.2, 0.25) is 0 Å². The van der Waals surface area contributed by atoms with Gasteiger partial charge >= 0.3 is 0 Å². The van der Waals surface area contributed by atoms with Crippen molar-refractivity contribution in [2.24, 2.45) is 4.99 Å². The lowest BCUT2D eigenvalue weighted by Crippen LogP contribution is -2.36. The third-order valence-electron chi connectivity index (χ3n) is 4.05. The molecule has 1 amide bonds. The van der Waals surface area contributed by atoms with Crippen molar-refractivity contribution in [3.05, 3.63) is 70.8 Å². The zero-order valence-corrected chi connectivity index (χ0v) is 17.8. The van der Waals surface area contributed by atoms with Crippen molar-refractivity contribution in [1.29, 1.82) is 0 Å². The molecule has 0 aromatic heterocycles. The zero-order chi connectivity index (χ0) is 18.1. The van der Waals surface area contributed by atoms with E-state index in [9.17, 15) is 4.79 Å². The summed E-state index contributed by atoms with van der Waals surface area (Å²) in [5, 5.41) is 9.26. The van der Waals surface area contributed by atoms with E-state index in [1.54, 1.807) is 20.2 Å². The lowest BCUT2D eigenvalue weighted by molar-refractivity contribution is 0.0963. The summed E-state index contributed by atoms with van der Waals surface area (Å²) < 4.78 is 0. The molecule has 0 heterocycles. The summed E-state index contributed by atoms with van der Waals surface area (Å²) in [6.45, 7) is 3.48. The Hall–Kier alpha value is -2.09. The fourth-order valence-corrected chi connectivity index (χ4v) is 2.63. The second-order valence-corrected chi connectivity index (χ2v) is 5.68. The van der Waals surface area contributed by atoms with Crippen LogP contribution in [0.5, 0.6) is 0 Å². The quantitative estimate of drug-likeness (QED) is 0.348. The summed E-state index contributed by atoms with van der Waals surface area (Å²) in [7, 11) is 3.38. The van der Waals surface area contributed by atoms with Crippen LogP contribution in [0.1, 0.15) is 34.0 Å². The Morgan fingerprint density at radius 2 is 1.69 bits per heavy atom. The zero-order valence-electron chi connectivity index (χ0n) is 15.5. The van der Waals surface area contributed by atoms with Gasteiger partial charge in [0.15, 0.2) is 5.96 Å². The van der Waals surface area contributed by atoms with Crippen LogP contribution in [0.3, 0.4) is 0 Å². The van der Waals surface area contributed by atoms with Crippen LogP contribution in [0, 0.1) is 0 Å². The summed E-state index contributed by atoms with van der Waals surface area (Å²) in [5.41, 5.74) is 4.29. The number of carbonyl (C=O) groups excluding carboxylic acids is 1. The average molecular weight is 466 g/mol. The van der Waals surface area contributed by atoms with E-state index >= 15 is 0 Å². The first-order valence-corrected chi connectivity index (χ1v) is 8.50. The van der Waals surface area contributed by atoms with E-state index in [2.05, 4.69) is 52.1 Å². The number of hydrogen-bond donors (Lipinski definition) is 3. The number of hydrogen-bond acceptors (Lipinski definition) is 2. The molecule has 0 saturated carbocycles. The minimum atomic E-state index is -0.0828. The number of aryl methyl sites for hydroxylation is 1. The Morgan fingerprint density at radius 1 is 1.00 bits per heavy atom. The van der Waals surface area contributed by atoms with Gasteiger partial charge in [0, 0.05) is 32.7 Å². The van der Waals surface area contributed by atoms with Crippen molar-refractivity contribution in [3.63, 3.8) is 0 Å². The van der Waals surface area contributed by atoms with Crippen molar-refractivity contribution < 1.29 is 4.79 Å². The van der Waals surface area contributed by atoms with Gasteiger partial charge < -0.3 is 16.0 Å². The van der Waals surface area contributed by atoms with Crippen LogP contribution in [0.4, 0.5) is 0 Å². The van der Waals surface area contributed by atoms with Crippen molar-refractivity contribution in [2.75, 3.05) is 14.1 Å². The molecule has 0 radical (unpaired) electrons. The van der Waals surface area contributed by atoms with Gasteiger partial charge in [-0.05, 0) is 35.2 Å². The molecular formula is C20H27IN4O. The molecule has 140 valence electrons. The summed E-state index contributed by atoms with van der Waals surface area (Å²) in [6.07, 6.45) is 1.01. The third-order valence-corrected chi connectivity index (χ3v) is 4.05. The molecule has 2 rings (SSSR count). The minimum absolute atomic E-state index is 0. The van der Waals surface area contributed by atoms with Crippen LogP contribution in [0.15, 0.2) is 53.5 Å². The molecule has 0 aliphatic carbocycles. The molecule has 0 saturated heterocycles. The highest BCUT2D eigenvalue weighted by atomic mass is 127. The lowest BCUT2D eigenvalue weighted by Gasteiger charge is -2.14. The van der Waals surface area contributed by atoms with Crippen LogP contribution in [-0.2, 0) is 19.5 Å². The number of aliphatic imine (C=N–C) groups is 1. The molecular weight excluding hydrogens is 439 g/mol. The van der Waals surface area contributed by atoms with E-state index in [0.29, 0.717) is 12.1 Å². The van der Waals surface area contributed by atoms with Gasteiger partial charge in [-0.15, -0.1) is 24.0 Å². The molecule has 6 heteroatoms. The molecule has 0 unspecified atom stereocenters. The fourth-order valence-electron chi connectivity index (χ4n) is 2.63. The SMILES string of the molecule is CCc1ccccc1CNC(=NC)NCc1cccc(C(=O)NC)c1.I. The van der Waals surface area contributed by atoms with Gasteiger partial charge in [0.05, 0.1) is 0 Å². The lowest BCUT2D eigenvalue weighted by atomic mass is 10.1. The first-order chi connectivity index (χ1) is 12.2. The number of guanidine groups is 1. The first kappa shape index (κ1) is 22.0. The van der Waals surface area contributed by atoms with Gasteiger partial charge in [-0.3, -0.25) is 9.79 Å². The molecule has 0 aliphatic rings. The summed E-state index contributed by atoms with van der Waals surface area (Å²) in [4.78, 5) is 16.0. The second-order valence-electron chi connectivity index (χ2n) is 5.68. The van der Waals surface area contributed by atoms with Crippen molar-refractivity contribution in [3.8, 4) is 0 Å². The van der Waals surface area contributed by atoms with Gasteiger partial charge in [-0.2, -0.15) is 0 Å². The van der Waals surface area contributed by atoms with Gasteiger partial charge in [-0.1, -0.05) is 43.3 Å². The number of nitrogens with one attached hydrogen (secondary N) is 3. The molecule has 0 bridgehead atoms. The standard InChI is InChI=1S/C20H26N4O.HI/c1-4-16-9-5-6-10-18(16)14-24-20(22-3)23-13-15-8-7-11-17(12-15)19(25)21-2;/h5-12H,4,13-14H2,1-3H3,(H,21,25)(H2,22,23,24);1H. The summed E-state index contributed by atoms with van der Waals surface area (Å²) in [6, 6.07) is 16.0. The van der Waals surface area contributed by atoms with Crippen LogP contribution < -0.4 is 16.0 Å². The molecule has 2 aromatic rings. The van der Waals surface area contributed by atoms with Crippen molar-refractivity contribution in [2.45, 2.75) is 26.4 Å². The molecule has 0 fully saturated rings. The van der Waals surface area contributed by atoms with E-state index in [1.165, 1.54) is 11.1 Å². The Morgan fingerprint density at radius 3 is 2.35 bits per heavy atom. The molecule has 0 spiro atoms. The van der Waals surface area contributed by atoms with Gasteiger partial charge in [-0.25, -0.2) is 0 Å².